The van der Waals surface area contributed by atoms with Gasteiger partial charge in [-0.15, -0.1) is 11.3 Å². The summed E-state index contributed by atoms with van der Waals surface area (Å²) in [6, 6.07) is 4.11. The molecule has 2 aromatic rings. The number of rotatable bonds is 4. The lowest BCUT2D eigenvalue weighted by Gasteiger charge is -2.16. The second-order valence-electron chi connectivity index (χ2n) is 7.34. The molecule has 1 heterocycles. The second kappa shape index (κ2) is 6.96. The zero-order valence-corrected chi connectivity index (χ0v) is 16.3. The molecular weight excluding hydrogens is 336 g/mol. The van der Waals surface area contributed by atoms with E-state index in [1.807, 2.05) is 41.5 Å². The van der Waals surface area contributed by atoms with E-state index in [1.165, 1.54) is 11.3 Å². The van der Waals surface area contributed by atoms with Gasteiger partial charge in [0.1, 0.15) is 0 Å². The molecule has 0 unspecified atom stereocenters. The van der Waals surface area contributed by atoms with Crippen molar-refractivity contribution in [1.29, 1.82) is 0 Å². The molecule has 0 saturated heterocycles. The number of aliphatic carboxylic acids is 1. The molecule has 0 aliphatic heterocycles. The lowest BCUT2D eigenvalue weighted by atomic mass is 9.96. The molecule has 0 atom stereocenters. The molecule has 0 saturated carbocycles. The van der Waals surface area contributed by atoms with Gasteiger partial charge in [-0.05, 0) is 31.9 Å². The van der Waals surface area contributed by atoms with Crippen molar-refractivity contribution in [2.45, 2.75) is 48.0 Å². The first kappa shape index (κ1) is 19.1. The van der Waals surface area contributed by atoms with Gasteiger partial charge >= 0.3 is 5.97 Å². The Morgan fingerprint density at radius 2 is 1.72 bits per heavy atom. The van der Waals surface area contributed by atoms with E-state index in [-0.39, 0.29) is 12.3 Å². The van der Waals surface area contributed by atoms with Crippen LogP contribution < -0.4 is 5.32 Å². The molecule has 0 aliphatic rings. The third kappa shape index (κ3) is 4.45. The number of benzene rings is 1. The van der Waals surface area contributed by atoms with Crippen molar-refractivity contribution >= 4 is 28.3 Å². The zero-order valence-electron chi connectivity index (χ0n) is 15.5. The van der Waals surface area contributed by atoms with E-state index in [1.54, 1.807) is 0 Å². The first-order chi connectivity index (χ1) is 11.5. The molecule has 0 fully saturated rings. The maximum atomic E-state index is 12.2. The van der Waals surface area contributed by atoms with E-state index in [0.717, 1.165) is 22.3 Å². The highest BCUT2D eigenvalue weighted by Crippen LogP contribution is 2.36. The Balaban J connectivity index is 2.53. The molecule has 2 rings (SSSR count). The molecule has 0 radical (unpaired) electrons. The number of nitrogens with one attached hydrogen (secondary N) is 1. The maximum Gasteiger partial charge on any atom is 0.308 e. The number of carboxylic acid groups (broad SMARTS) is 1. The fourth-order valence-corrected chi connectivity index (χ4v) is 3.65. The van der Waals surface area contributed by atoms with Gasteiger partial charge in [0.15, 0.2) is 5.13 Å². The van der Waals surface area contributed by atoms with Gasteiger partial charge in [0, 0.05) is 15.9 Å². The number of carbonyl (C=O) groups excluding carboxylic acids is 1. The number of aryl methyl sites for hydroxylation is 3. The Labute approximate surface area is 152 Å². The highest BCUT2D eigenvalue weighted by atomic mass is 32.1. The molecule has 5 nitrogen and oxygen atoms in total. The Bertz CT molecular complexity index is 809. The van der Waals surface area contributed by atoms with Crippen molar-refractivity contribution in [3.05, 3.63) is 33.7 Å². The Kier molecular flexibility index (Phi) is 5.32. The summed E-state index contributed by atoms with van der Waals surface area (Å²) in [4.78, 5) is 28.7. The SMILES string of the molecule is Cc1cc(C)c(-c2nc(NC(=O)C(C)(C)C)sc2CC(=O)O)c(C)c1. The number of carboxylic acids is 1. The van der Waals surface area contributed by atoms with Crippen LogP contribution in [0.5, 0.6) is 0 Å². The van der Waals surface area contributed by atoms with Gasteiger partial charge in [-0.2, -0.15) is 0 Å². The van der Waals surface area contributed by atoms with Gasteiger partial charge in [-0.3, -0.25) is 9.59 Å². The largest absolute Gasteiger partial charge is 0.481 e. The quantitative estimate of drug-likeness (QED) is 0.850. The lowest BCUT2D eigenvalue weighted by Crippen LogP contribution is -2.27. The van der Waals surface area contributed by atoms with E-state index in [4.69, 9.17) is 0 Å². The first-order valence-corrected chi connectivity index (χ1v) is 8.92. The predicted molar refractivity (Wildman–Crippen MR) is 101 cm³/mol. The summed E-state index contributed by atoms with van der Waals surface area (Å²) in [5, 5.41) is 12.5. The van der Waals surface area contributed by atoms with Crippen LogP contribution in [0, 0.1) is 26.2 Å². The van der Waals surface area contributed by atoms with Gasteiger partial charge in [0.2, 0.25) is 5.91 Å². The summed E-state index contributed by atoms with van der Waals surface area (Å²) >= 11 is 1.22. The number of nitrogens with zero attached hydrogens (tertiary/aromatic N) is 1. The van der Waals surface area contributed by atoms with Crippen molar-refractivity contribution in [2.24, 2.45) is 5.41 Å². The Morgan fingerprint density at radius 3 is 2.20 bits per heavy atom. The van der Waals surface area contributed by atoms with E-state index in [0.29, 0.717) is 15.7 Å². The Hall–Kier alpha value is -2.21. The summed E-state index contributed by atoms with van der Waals surface area (Å²) in [7, 11) is 0. The molecule has 1 amide bonds. The van der Waals surface area contributed by atoms with Gasteiger partial charge in [0.25, 0.3) is 0 Å². The predicted octanol–water partition coefficient (Wildman–Crippen LogP) is 4.35. The van der Waals surface area contributed by atoms with Crippen molar-refractivity contribution in [3.8, 4) is 11.3 Å². The topological polar surface area (TPSA) is 79.3 Å². The molecule has 0 aliphatic carbocycles. The number of hydrogen-bond acceptors (Lipinski definition) is 4. The van der Waals surface area contributed by atoms with Gasteiger partial charge < -0.3 is 10.4 Å². The summed E-state index contributed by atoms with van der Waals surface area (Å²) in [6.45, 7) is 11.5. The molecule has 0 spiro atoms. The number of thiazole rings is 1. The van der Waals surface area contributed by atoms with Gasteiger partial charge in [-0.1, -0.05) is 38.5 Å². The average Bonchev–Trinajstić information content (AvgIpc) is 2.78. The zero-order chi connectivity index (χ0) is 18.9. The summed E-state index contributed by atoms with van der Waals surface area (Å²) in [5.74, 6) is -1.06. The number of aromatic nitrogens is 1. The average molecular weight is 360 g/mol. The van der Waals surface area contributed by atoms with Crippen LogP contribution in [-0.2, 0) is 16.0 Å². The van der Waals surface area contributed by atoms with E-state index in [9.17, 15) is 14.7 Å². The standard InChI is InChI=1S/C19H24N2O3S/c1-10-7-11(2)15(12(3)8-10)16-13(9-14(22)23)25-18(20-16)21-17(24)19(4,5)6/h7-8H,9H2,1-6H3,(H,22,23)(H,20,21,24). The van der Waals surface area contributed by atoms with Crippen LogP contribution in [0.25, 0.3) is 11.3 Å². The fourth-order valence-electron chi connectivity index (χ4n) is 2.70. The van der Waals surface area contributed by atoms with Crippen molar-refractivity contribution < 1.29 is 14.7 Å². The van der Waals surface area contributed by atoms with Crippen LogP contribution in [0.1, 0.15) is 42.3 Å². The van der Waals surface area contributed by atoms with Gasteiger partial charge in [-0.25, -0.2) is 4.98 Å². The highest BCUT2D eigenvalue weighted by Gasteiger charge is 2.24. The van der Waals surface area contributed by atoms with Crippen molar-refractivity contribution in [3.63, 3.8) is 0 Å². The number of anilines is 1. The van der Waals surface area contributed by atoms with E-state index < -0.39 is 11.4 Å². The van der Waals surface area contributed by atoms with Crippen LogP contribution >= 0.6 is 11.3 Å². The van der Waals surface area contributed by atoms with E-state index in [2.05, 4.69) is 22.4 Å². The third-order valence-electron chi connectivity index (χ3n) is 3.82. The minimum absolute atomic E-state index is 0.120. The van der Waals surface area contributed by atoms with Crippen molar-refractivity contribution in [2.75, 3.05) is 5.32 Å². The normalized spacial score (nSPS) is 11.4. The highest BCUT2D eigenvalue weighted by molar-refractivity contribution is 7.16. The van der Waals surface area contributed by atoms with Crippen LogP contribution in [0.15, 0.2) is 12.1 Å². The Morgan fingerprint density at radius 1 is 1.16 bits per heavy atom. The summed E-state index contributed by atoms with van der Waals surface area (Å²) < 4.78 is 0. The molecule has 1 aromatic carbocycles. The summed E-state index contributed by atoms with van der Waals surface area (Å²) in [5.41, 5.74) is 4.27. The molecule has 1 aromatic heterocycles. The second-order valence-corrected chi connectivity index (χ2v) is 8.42. The van der Waals surface area contributed by atoms with Crippen LogP contribution in [-0.4, -0.2) is 22.0 Å². The third-order valence-corrected chi connectivity index (χ3v) is 4.80. The van der Waals surface area contributed by atoms with E-state index >= 15 is 0 Å². The monoisotopic (exact) mass is 360 g/mol. The lowest BCUT2D eigenvalue weighted by molar-refractivity contribution is -0.136. The van der Waals surface area contributed by atoms with Crippen LogP contribution in [0.4, 0.5) is 5.13 Å². The molecule has 134 valence electrons. The maximum absolute atomic E-state index is 12.2. The van der Waals surface area contributed by atoms with Crippen LogP contribution in [0.2, 0.25) is 0 Å². The van der Waals surface area contributed by atoms with Gasteiger partial charge in [0.05, 0.1) is 12.1 Å². The van der Waals surface area contributed by atoms with Crippen LogP contribution in [0.3, 0.4) is 0 Å². The molecule has 0 bridgehead atoms. The molecule has 2 N–H and O–H groups in total. The molecule has 6 heteroatoms. The first-order valence-electron chi connectivity index (χ1n) is 8.10. The summed E-state index contributed by atoms with van der Waals surface area (Å²) in [6.07, 6.45) is -0.120. The fraction of sp³-hybridized carbons (Fsp3) is 0.421. The molecular formula is C19H24N2O3S. The number of carbonyl (C=O) groups is 2. The minimum atomic E-state index is -0.916. The number of hydrogen-bond donors (Lipinski definition) is 2. The smallest absolute Gasteiger partial charge is 0.308 e. The number of amides is 1. The van der Waals surface area contributed by atoms with Crippen molar-refractivity contribution in [1.82, 2.24) is 4.98 Å². The molecule has 25 heavy (non-hydrogen) atoms. The minimum Gasteiger partial charge on any atom is -0.481 e.